The van der Waals surface area contributed by atoms with Gasteiger partial charge >= 0.3 is 0 Å². The molecule has 0 atom stereocenters. The lowest BCUT2D eigenvalue weighted by molar-refractivity contribution is 0.242. The van der Waals surface area contributed by atoms with E-state index in [9.17, 15) is 4.39 Å². The first-order valence-corrected chi connectivity index (χ1v) is 7.22. The number of pyridine rings is 1. The molecular weight excluding hydrogens is 281 g/mol. The average molecular weight is 299 g/mol. The summed E-state index contributed by atoms with van der Waals surface area (Å²) in [5.74, 6) is 0.495. The van der Waals surface area contributed by atoms with E-state index in [4.69, 9.17) is 10.5 Å². The first-order chi connectivity index (χ1) is 10.6. The summed E-state index contributed by atoms with van der Waals surface area (Å²) >= 11 is 0. The van der Waals surface area contributed by atoms with Gasteiger partial charge in [-0.3, -0.25) is 4.40 Å². The number of nitrogens with zero attached hydrogens (tertiary/aromatic N) is 2. The topological polar surface area (TPSA) is 52.5 Å². The number of rotatable bonds is 4. The van der Waals surface area contributed by atoms with Crippen molar-refractivity contribution in [2.45, 2.75) is 26.5 Å². The number of imidazole rings is 1. The number of aromatic nitrogens is 2. The summed E-state index contributed by atoms with van der Waals surface area (Å²) in [7, 11) is 0. The van der Waals surface area contributed by atoms with Gasteiger partial charge in [-0.25, -0.2) is 9.37 Å². The Hall–Kier alpha value is -2.40. The van der Waals surface area contributed by atoms with Gasteiger partial charge in [0, 0.05) is 18.3 Å². The lowest BCUT2D eigenvalue weighted by atomic mass is 10.1. The van der Waals surface area contributed by atoms with Gasteiger partial charge in [-0.15, -0.1) is 0 Å². The summed E-state index contributed by atoms with van der Waals surface area (Å²) < 4.78 is 20.8. The quantitative estimate of drug-likeness (QED) is 0.803. The van der Waals surface area contributed by atoms with Crippen LogP contribution in [0.4, 0.5) is 4.39 Å². The largest absolute Gasteiger partial charge is 0.491 e. The number of benzene rings is 1. The van der Waals surface area contributed by atoms with E-state index in [1.54, 1.807) is 10.5 Å². The molecule has 3 aromatic rings. The van der Waals surface area contributed by atoms with Crippen LogP contribution >= 0.6 is 0 Å². The molecule has 0 amide bonds. The molecule has 1 aromatic carbocycles. The third-order valence-electron chi connectivity index (χ3n) is 3.37. The number of fused-ring (bicyclic) bond motifs is 1. The lowest BCUT2D eigenvalue weighted by Crippen LogP contribution is -2.05. The molecule has 0 spiro atoms. The Bertz CT molecular complexity index is 794. The van der Waals surface area contributed by atoms with Crippen LogP contribution in [-0.2, 0) is 6.54 Å². The summed E-state index contributed by atoms with van der Waals surface area (Å²) in [6.07, 6.45) is 1.54. The molecule has 5 heteroatoms. The molecule has 3 rings (SSSR count). The molecule has 2 heterocycles. The van der Waals surface area contributed by atoms with E-state index in [1.165, 1.54) is 12.3 Å². The molecule has 2 N–H and O–H groups in total. The van der Waals surface area contributed by atoms with Gasteiger partial charge in [0.05, 0.1) is 17.5 Å². The monoisotopic (exact) mass is 299 g/mol. The molecule has 0 fully saturated rings. The number of ether oxygens (including phenoxy) is 1. The number of nitrogens with two attached hydrogens (primary N) is 1. The molecule has 22 heavy (non-hydrogen) atoms. The molecule has 114 valence electrons. The molecule has 0 aliphatic carbocycles. The fourth-order valence-electron chi connectivity index (χ4n) is 2.46. The van der Waals surface area contributed by atoms with E-state index >= 15 is 0 Å². The second kappa shape index (κ2) is 5.77. The van der Waals surface area contributed by atoms with Gasteiger partial charge in [-0.05, 0) is 50.2 Å². The van der Waals surface area contributed by atoms with Gasteiger partial charge in [0.25, 0.3) is 0 Å². The highest BCUT2D eigenvalue weighted by Crippen LogP contribution is 2.26. The van der Waals surface area contributed by atoms with Crippen molar-refractivity contribution in [1.29, 1.82) is 0 Å². The SMILES string of the molecule is CC(C)Oc1ccc(-c2nc3ccc(F)cn3c2CN)cc1. The van der Waals surface area contributed by atoms with E-state index in [2.05, 4.69) is 4.98 Å². The molecule has 0 unspecified atom stereocenters. The minimum Gasteiger partial charge on any atom is -0.491 e. The van der Waals surface area contributed by atoms with Crippen LogP contribution in [0.25, 0.3) is 16.9 Å². The molecule has 2 aromatic heterocycles. The second-order valence-electron chi connectivity index (χ2n) is 5.38. The van der Waals surface area contributed by atoms with Gasteiger partial charge in [0.15, 0.2) is 0 Å². The maximum atomic E-state index is 13.4. The molecule has 0 radical (unpaired) electrons. The molecule has 0 aliphatic heterocycles. The molecular formula is C17H18FN3O. The predicted molar refractivity (Wildman–Crippen MR) is 84.2 cm³/mol. The number of hydrogen-bond donors (Lipinski definition) is 1. The molecule has 0 saturated carbocycles. The van der Waals surface area contributed by atoms with Crippen LogP contribution in [0.15, 0.2) is 42.6 Å². The van der Waals surface area contributed by atoms with Crippen molar-refractivity contribution in [3.63, 3.8) is 0 Å². The molecule has 4 nitrogen and oxygen atoms in total. The Balaban J connectivity index is 2.05. The third kappa shape index (κ3) is 2.67. The van der Waals surface area contributed by atoms with Gasteiger partial charge in [0.2, 0.25) is 0 Å². The van der Waals surface area contributed by atoms with Gasteiger partial charge in [-0.1, -0.05) is 0 Å². The minimum absolute atomic E-state index is 0.128. The van der Waals surface area contributed by atoms with Crippen LogP contribution < -0.4 is 10.5 Å². The van der Waals surface area contributed by atoms with Crippen molar-refractivity contribution in [2.24, 2.45) is 5.73 Å². The van der Waals surface area contributed by atoms with E-state index in [1.807, 2.05) is 38.1 Å². The molecule has 0 aliphatic rings. The van der Waals surface area contributed by atoms with Gasteiger partial charge in [0.1, 0.15) is 17.2 Å². The summed E-state index contributed by atoms with van der Waals surface area (Å²) in [4.78, 5) is 4.56. The fraction of sp³-hybridized carbons (Fsp3) is 0.235. The Morgan fingerprint density at radius 1 is 1.18 bits per heavy atom. The summed E-state index contributed by atoms with van der Waals surface area (Å²) in [6.45, 7) is 4.25. The second-order valence-corrected chi connectivity index (χ2v) is 5.38. The van der Waals surface area contributed by atoms with Crippen molar-refractivity contribution < 1.29 is 9.13 Å². The molecule has 0 bridgehead atoms. The highest BCUT2D eigenvalue weighted by Gasteiger charge is 2.13. The minimum atomic E-state index is -0.313. The van der Waals surface area contributed by atoms with Crippen molar-refractivity contribution in [3.05, 3.63) is 54.1 Å². The van der Waals surface area contributed by atoms with E-state index in [0.717, 1.165) is 22.7 Å². The average Bonchev–Trinajstić information content (AvgIpc) is 2.85. The summed E-state index contributed by atoms with van der Waals surface area (Å²) in [5, 5.41) is 0. The maximum Gasteiger partial charge on any atom is 0.139 e. The van der Waals surface area contributed by atoms with Crippen LogP contribution in [0.3, 0.4) is 0 Å². The highest BCUT2D eigenvalue weighted by atomic mass is 19.1. The van der Waals surface area contributed by atoms with Crippen molar-refractivity contribution in [3.8, 4) is 17.0 Å². The predicted octanol–water partition coefficient (Wildman–Crippen LogP) is 3.39. The smallest absolute Gasteiger partial charge is 0.139 e. The summed E-state index contributed by atoms with van der Waals surface area (Å²) in [5.41, 5.74) is 9.00. The zero-order chi connectivity index (χ0) is 15.7. The molecule has 0 saturated heterocycles. The zero-order valence-corrected chi connectivity index (χ0v) is 12.6. The maximum absolute atomic E-state index is 13.4. The standard InChI is InChI=1S/C17H18FN3O/c1-11(2)22-14-6-3-12(4-7-14)17-15(9-19)21-10-13(18)5-8-16(21)20-17/h3-8,10-11H,9,19H2,1-2H3. The number of halogens is 1. The Morgan fingerprint density at radius 2 is 1.91 bits per heavy atom. The summed E-state index contributed by atoms with van der Waals surface area (Å²) in [6, 6.07) is 10.7. The van der Waals surface area contributed by atoms with Crippen molar-refractivity contribution in [2.75, 3.05) is 0 Å². The Morgan fingerprint density at radius 3 is 2.55 bits per heavy atom. The van der Waals surface area contributed by atoms with Gasteiger partial charge < -0.3 is 10.5 Å². The van der Waals surface area contributed by atoms with E-state index in [0.29, 0.717) is 5.65 Å². The third-order valence-corrected chi connectivity index (χ3v) is 3.37. The van der Waals surface area contributed by atoms with Crippen LogP contribution in [0, 0.1) is 5.82 Å². The van der Waals surface area contributed by atoms with Crippen molar-refractivity contribution in [1.82, 2.24) is 9.38 Å². The Labute approximate surface area is 128 Å². The highest BCUT2D eigenvalue weighted by molar-refractivity contribution is 5.67. The number of hydrogen-bond acceptors (Lipinski definition) is 3. The van der Waals surface area contributed by atoms with Crippen LogP contribution in [0.1, 0.15) is 19.5 Å². The van der Waals surface area contributed by atoms with E-state index < -0.39 is 0 Å². The fourth-order valence-corrected chi connectivity index (χ4v) is 2.46. The van der Waals surface area contributed by atoms with Crippen LogP contribution in [-0.4, -0.2) is 15.5 Å². The normalized spacial score (nSPS) is 11.3. The van der Waals surface area contributed by atoms with Crippen LogP contribution in [0.2, 0.25) is 0 Å². The first kappa shape index (κ1) is 14.5. The van der Waals surface area contributed by atoms with E-state index in [-0.39, 0.29) is 18.5 Å². The van der Waals surface area contributed by atoms with Gasteiger partial charge in [-0.2, -0.15) is 0 Å². The van der Waals surface area contributed by atoms with Crippen molar-refractivity contribution >= 4 is 5.65 Å². The van der Waals surface area contributed by atoms with Crippen LogP contribution in [0.5, 0.6) is 5.75 Å². The first-order valence-electron chi connectivity index (χ1n) is 7.22. The Kier molecular flexibility index (Phi) is 3.81. The lowest BCUT2D eigenvalue weighted by Gasteiger charge is -2.10. The zero-order valence-electron chi connectivity index (χ0n) is 12.6.